The number of nitrogens with one attached hydrogen (secondary N) is 3. The summed E-state index contributed by atoms with van der Waals surface area (Å²) in [7, 11) is 0. The summed E-state index contributed by atoms with van der Waals surface area (Å²) in [5.41, 5.74) is 0.443. The molecule has 0 saturated heterocycles. The van der Waals surface area contributed by atoms with E-state index in [-0.39, 0.29) is 24.4 Å². The Morgan fingerprint density at radius 3 is 2.58 bits per heavy atom. The fourth-order valence-corrected chi connectivity index (χ4v) is 3.06. The summed E-state index contributed by atoms with van der Waals surface area (Å²) in [6.07, 6.45) is 5.39. The van der Waals surface area contributed by atoms with Gasteiger partial charge in [-0.15, -0.1) is 0 Å². The van der Waals surface area contributed by atoms with Gasteiger partial charge in [0.05, 0.1) is 18.2 Å². The number of nitriles is 1. The molecular formula is C18H22N4O2. The van der Waals surface area contributed by atoms with Gasteiger partial charge in [-0.05, 0) is 50.7 Å². The van der Waals surface area contributed by atoms with Crippen molar-refractivity contribution in [3.63, 3.8) is 0 Å². The maximum absolute atomic E-state index is 12.2. The average molecular weight is 326 g/mol. The van der Waals surface area contributed by atoms with Crippen LogP contribution in [0.25, 0.3) is 0 Å². The molecule has 0 unspecified atom stereocenters. The Morgan fingerprint density at radius 1 is 1.21 bits per heavy atom. The van der Waals surface area contributed by atoms with Crippen LogP contribution < -0.4 is 16.0 Å². The van der Waals surface area contributed by atoms with Gasteiger partial charge < -0.3 is 16.0 Å². The van der Waals surface area contributed by atoms with Crippen LogP contribution in [0.3, 0.4) is 0 Å². The molecule has 0 bridgehead atoms. The standard InChI is InChI=1S/C18H22N4O2/c19-12-18(9-3-4-10-18)22-16(23)11-20-15-6-2-1-5-14(15)17(24)21-13-7-8-13/h1-2,5-6,13,20H,3-4,7-11H2,(H,21,24)(H,22,23). The van der Waals surface area contributed by atoms with Gasteiger partial charge in [-0.1, -0.05) is 12.1 Å². The van der Waals surface area contributed by atoms with Gasteiger partial charge in [-0.3, -0.25) is 9.59 Å². The minimum Gasteiger partial charge on any atom is -0.376 e. The summed E-state index contributed by atoms with van der Waals surface area (Å²) in [4.78, 5) is 24.4. The summed E-state index contributed by atoms with van der Waals surface area (Å²) < 4.78 is 0. The Labute approximate surface area is 141 Å². The first-order valence-corrected chi connectivity index (χ1v) is 8.48. The van der Waals surface area contributed by atoms with Crippen LogP contribution in [0.2, 0.25) is 0 Å². The Hall–Kier alpha value is -2.55. The van der Waals surface area contributed by atoms with E-state index in [4.69, 9.17) is 0 Å². The predicted octanol–water partition coefficient (Wildman–Crippen LogP) is 1.94. The van der Waals surface area contributed by atoms with E-state index in [1.54, 1.807) is 18.2 Å². The minimum absolute atomic E-state index is 0.0388. The van der Waals surface area contributed by atoms with Crippen LogP contribution in [0.1, 0.15) is 48.9 Å². The number of hydrogen-bond donors (Lipinski definition) is 3. The van der Waals surface area contributed by atoms with E-state index in [0.717, 1.165) is 25.7 Å². The van der Waals surface area contributed by atoms with Gasteiger partial charge in [0.2, 0.25) is 5.91 Å². The molecule has 0 heterocycles. The number of rotatable bonds is 6. The van der Waals surface area contributed by atoms with Crippen molar-refractivity contribution in [1.29, 1.82) is 5.26 Å². The molecule has 6 nitrogen and oxygen atoms in total. The average Bonchev–Trinajstić information content (AvgIpc) is 3.29. The number of anilines is 1. The van der Waals surface area contributed by atoms with Crippen molar-refractivity contribution in [3.05, 3.63) is 29.8 Å². The number of carbonyl (C=O) groups excluding carboxylic acids is 2. The van der Waals surface area contributed by atoms with Crippen LogP contribution in [-0.2, 0) is 4.79 Å². The van der Waals surface area contributed by atoms with Crippen molar-refractivity contribution in [2.45, 2.75) is 50.1 Å². The molecule has 0 spiro atoms. The van der Waals surface area contributed by atoms with E-state index in [2.05, 4.69) is 22.0 Å². The first-order chi connectivity index (χ1) is 11.6. The lowest BCUT2D eigenvalue weighted by molar-refractivity contribution is -0.120. The maximum Gasteiger partial charge on any atom is 0.253 e. The number of nitrogens with zero attached hydrogens (tertiary/aromatic N) is 1. The van der Waals surface area contributed by atoms with Gasteiger partial charge in [-0.2, -0.15) is 5.26 Å². The van der Waals surface area contributed by atoms with E-state index in [1.165, 1.54) is 0 Å². The normalized spacial score (nSPS) is 18.5. The molecule has 6 heteroatoms. The lowest BCUT2D eigenvalue weighted by atomic mass is 10.00. The molecule has 3 N–H and O–H groups in total. The van der Waals surface area contributed by atoms with Gasteiger partial charge in [0.1, 0.15) is 5.54 Å². The highest BCUT2D eigenvalue weighted by molar-refractivity contribution is 6.00. The third-order valence-corrected chi connectivity index (χ3v) is 4.57. The van der Waals surface area contributed by atoms with E-state index < -0.39 is 5.54 Å². The van der Waals surface area contributed by atoms with Crippen molar-refractivity contribution in [2.24, 2.45) is 0 Å². The van der Waals surface area contributed by atoms with E-state index in [9.17, 15) is 14.9 Å². The molecule has 24 heavy (non-hydrogen) atoms. The summed E-state index contributed by atoms with van der Waals surface area (Å²) in [6.45, 7) is 0.0388. The van der Waals surface area contributed by atoms with Gasteiger partial charge in [0, 0.05) is 11.7 Å². The molecule has 2 aliphatic rings. The quantitative estimate of drug-likeness (QED) is 0.744. The third kappa shape index (κ3) is 3.85. The van der Waals surface area contributed by atoms with Gasteiger partial charge in [-0.25, -0.2) is 0 Å². The molecule has 1 aromatic carbocycles. The van der Waals surface area contributed by atoms with Crippen LogP contribution in [0.4, 0.5) is 5.69 Å². The van der Waals surface area contributed by atoms with Crippen LogP contribution in [0.5, 0.6) is 0 Å². The summed E-state index contributed by atoms with van der Waals surface area (Å²) in [6, 6.07) is 9.67. The van der Waals surface area contributed by atoms with Gasteiger partial charge >= 0.3 is 0 Å². The molecule has 1 aromatic rings. The zero-order chi connectivity index (χ0) is 17.0. The summed E-state index contributed by atoms with van der Waals surface area (Å²) >= 11 is 0. The fourth-order valence-electron chi connectivity index (χ4n) is 3.06. The highest BCUT2D eigenvalue weighted by atomic mass is 16.2. The lowest BCUT2D eigenvalue weighted by Gasteiger charge is -2.22. The smallest absolute Gasteiger partial charge is 0.253 e. The predicted molar refractivity (Wildman–Crippen MR) is 90.4 cm³/mol. The molecular weight excluding hydrogens is 304 g/mol. The van der Waals surface area contributed by atoms with Crippen LogP contribution in [-0.4, -0.2) is 29.9 Å². The van der Waals surface area contributed by atoms with E-state index >= 15 is 0 Å². The van der Waals surface area contributed by atoms with E-state index in [1.807, 2.05) is 6.07 Å². The SMILES string of the molecule is N#CC1(NC(=O)CNc2ccccc2C(=O)NC2CC2)CCCC1. The molecule has 2 aliphatic carbocycles. The first kappa shape index (κ1) is 16.3. The topological polar surface area (TPSA) is 94.0 Å². The number of carbonyl (C=O) groups is 2. The summed E-state index contributed by atoms with van der Waals surface area (Å²) in [5.74, 6) is -0.346. The second-order valence-corrected chi connectivity index (χ2v) is 6.60. The van der Waals surface area contributed by atoms with Crippen LogP contribution >= 0.6 is 0 Å². The van der Waals surface area contributed by atoms with Gasteiger partial charge in [0.15, 0.2) is 0 Å². The lowest BCUT2D eigenvalue weighted by Crippen LogP contribution is -2.47. The van der Waals surface area contributed by atoms with Gasteiger partial charge in [0.25, 0.3) is 5.91 Å². The zero-order valence-corrected chi connectivity index (χ0v) is 13.6. The van der Waals surface area contributed by atoms with E-state index in [0.29, 0.717) is 24.1 Å². The molecule has 0 aliphatic heterocycles. The number of amides is 2. The Kier molecular flexibility index (Phi) is 4.70. The summed E-state index contributed by atoms with van der Waals surface area (Å²) in [5, 5.41) is 18.1. The fraction of sp³-hybridized carbons (Fsp3) is 0.500. The van der Waals surface area contributed by atoms with Crippen LogP contribution in [0.15, 0.2) is 24.3 Å². The minimum atomic E-state index is -0.721. The Balaban J connectivity index is 1.59. The van der Waals surface area contributed by atoms with Crippen molar-refractivity contribution in [3.8, 4) is 6.07 Å². The maximum atomic E-state index is 12.2. The molecule has 0 atom stereocenters. The number of benzene rings is 1. The monoisotopic (exact) mass is 326 g/mol. The largest absolute Gasteiger partial charge is 0.376 e. The number of para-hydroxylation sites is 1. The molecule has 2 saturated carbocycles. The van der Waals surface area contributed by atoms with Crippen molar-refractivity contribution < 1.29 is 9.59 Å². The molecule has 0 radical (unpaired) electrons. The molecule has 2 fully saturated rings. The van der Waals surface area contributed by atoms with Crippen molar-refractivity contribution in [2.75, 3.05) is 11.9 Å². The van der Waals surface area contributed by atoms with Crippen molar-refractivity contribution in [1.82, 2.24) is 10.6 Å². The number of hydrogen-bond acceptors (Lipinski definition) is 4. The molecule has 0 aromatic heterocycles. The molecule has 3 rings (SSSR count). The first-order valence-electron chi connectivity index (χ1n) is 8.48. The third-order valence-electron chi connectivity index (χ3n) is 4.57. The van der Waals surface area contributed by atoms with Crippen molar-refractivity contribution >= 4 is 17.5 Å². The Morgan fingerprint density at radius 2 is 1.92 bits per heavy atom. The Bertz CT molecular complexity index is 670. The zero-order valence-electron chi connectivity index (χ0n) is 13.6. The second kappa shape index (κ2) is 6.91. The second-order valence-electron chi connectivity index (χ2n) is 6.60. The molecule has 2 amide bonds. The molecule has 126 valence electrons. The highest BCUT2D eigenvalue weighted by Crippen LogP contribution is 2.28. The highest BCUT2D eigenvalue weighted by Gasteiger charge is 2.35. The van der Waals surface area contributed by atoms with Crippen LogP contribution in [0, 0.1) is 11.3 Å².